The Morgan fingerprint density at radius 1 is 1.24 bits per heavy atom. The molecule has 3 N–H and O–H groups in total. The number of hydrogen-bond acceptors (Lipinski definition) is 4. The third kappa shape index (κ3) is 7.82. The molecule has 6 heteroatoms. The minimum Gasteiger partial charge on any atom is -0.481 e. The van der Waals surface area contributed by atoms with Gasteiger partial charge < -0.3 is 15.3 Å². The van der Waals surface area contributed by atoms with Crippen molar-refractivity contribution in [1.82, 2.24) is 0 Å². The van der Waals surface area contributed by atoms with E-state index in [2.05, 4.69) is 6.58 Å². The summed E-state index contributed by atoms with van der Waals surface area (Å²) in [6.07, 6.45) is 1.92. The number of aliphatic hydroxyl groups excluding tert-OH is 1. The number of carbonyl (C=O) groups is 2. The van der Waals surface area contributed by atoms with Crippen LogP contribution in [0.4, 0.5) is 0 Å². The molecule has 0 aromatic heterocycles. The summed E-state index contributed by atoms with van der Waals surface area (Å²) >= 11 is 1.29. The van der Waals surface area contributed by atoms with E-state index < -0.39 is 11.9 Å². The van der Waals surface area contributed by atoms with Crippen LogP contribution in [0.15, 0.2) is 12.2 Å². The van der Waals surface area contributed by atoms with Crippen molar-refractivity contribution in [2.45, 2.75) is 30.9 Å². The Hall–Kier alpha value is -1.01. The van der Waals surface area contributed by atoms with Gasteiger partial charge in [0.2, 0.25) is 0 Å². The molecule has 0 bridgehead atoms. The lowest BCUT2D eigenvalue weighted by Gasteiger charge is -2.15. The molecule has 0 aliphatic rings. The molecule has 0 rings (SSSR count). The second-order valence-electron chi connectivity index (χ2n) is 3.55. The number of carboxylic acid groups (broad SMARTS) is 2. The number of hydrogen-bond donors (Lipinski definition) is 3. The Kier molecular flexibility index (Phi) is 8.53. The Balaban J connectivity index is 4.15. The van der Waals surface area contributed by atoms with Crippen LogP contribution < -0.4 is 0 Å². The summed E-state index contributed by atoms with van der Waals surface area (Å²) in [5.41, 5.74) is 0.0957. The Bertz CT molecular complexity index is 277. The van der Waals surface area contributed by atoms with Crippen molar-refractivity contribution in [1.29, 1.82) is 0 Å². The van der Waals surface area contributed by atoms with E-state index in [1.807, 2.05) is 0 Å². The summed E-state index contributed by atoms with van der Waals surface area (Å²) in [6, 6.07) is 0. The number of aliphatic carboxylic acids is 2. The third-order valence-corrected chi connectivity index (χ3v) is 3.54. The van der Waals surface area contributed by atoms with Crippen LogP contribution in [0.2, 0.25) is 0 Å². The van der Waals surface area contributed by atoms with Crippen LogP contribution in [0.25, 0.3) is 0 Å². The van der Waals surface area contributed by atoms with Gasteiger partial charge in [-0.25, -0.2) is 4.79 Å². The van der Waals surface area contributed by atoms with Gasteiger partial charge in [0.05, 0.1) is 6.42 Å². The standard InChI is InChI=1S/C11H18O5S/c1-8(11(15)16)9(4-2-3-6-12)17-7-5-10(13)14/h9,12H,1-7H2,(H,13,14)(H,15,16). The largest absolute Gasteiger partial charge is 0.481 e. The maximum Gasteiger partial charge on any atom is 0.332 e. The quantitative estimate of drug-likeness (QED) is 0.406. The monoisotopic (exact) mass is 262 g/mol. The molecule has 0 aliphatic carbocycles. The number of unbranched alkanes of at least 4 members (excludes halogenated alkanes) is 1. The molecule has 0 saturated heterocycles. The minimum atomic E-state index is -1.05. The molecule has 0 saturated carbocycles. The maximum absolute atomic E-state index is 10.8. The smallest absolute Gasteiger partial charge is 0.332 e. The van der Waals surface area contributed by atoms with Crippen LogP contribution in [-0.4, -0.2) is 44.9 Å². The Labute approximate surface area is 105 Å². The lowest BCUT2D eigenvalue weighted by Crippen LogP contribution is -2.15. The molecule has 0 amide bonds. The SMILES string of the molecule is C=C(C(=O)O)C(CCCCO)SCCC(=O)O. The molecule has 98 valence electrons. The van der Waals surface area contributed by atoms with Crippen molar-refractivity contribution >= 4 is 23.7 Å². The Morgan fingerprint density at radius 3 is 2.35 bits per heavy atom. The molecule has 5 nitrogen and oxygen atoms in total. The van der Waals surface area contributed by atoms with Crippen LogP contribution in [0.1, 0.15) is 25.7 Å². The van der Waals surface area contributed by atoms with Crippen LogP contribution in [0, 0.1) is 0 Å². The van der Waals surface area contributed by atoms with Gasteiger partial charge >= 0.3 is 11.9 Å². The van der Waals surface area contributed by atoms with Gasteiger partial charge in [0.1, 0.15) is 0 Å². The van der Waals surface area contributed by atoms with Crippen molar-refractivity contribution in [2.75, 3.05) is 12.4 Å². The minimum absolute atomic E-state index is 0.00800. The summed E-state index contributed by atoms with van der Waals surface area (Å²) in [4.78, 5) is 21.2. The summed E-state index contributed by atoms with van der Waals surface area (Å²) in [7, 11) is 0. The zero-order valence-electron chi connectivity index (χ0n) is 9.59. The second kappa shape index (κ2) is 9.07. The lowest BCUT2D eigenvalue weighted by molar-refractivity contribution is -0.136. The van der Waals surface area contributed by atoms with Crippen molar-refractivity contribution in [3.8, 4) is 0 Å². The van der Waals surface area contributed by atoms with E-state index in [1.165, 1.54) is 11.8 Å². The number of carboxylic acids is 2. The highest BCUT2D eigenvalue weighted by Gasteiger charge is 2.18. The van der Waals surface area contributed by atoms with Crippen LogP contribution in [-0.2, 0) is 9.59 Å². The van der Waals surface area contributed by atoms with E-state index >= 15 is 0 Å². The van der Waals surface area contributed by atoms with E-state index in [9.17, 15) is 9.59 Å². The first-order valence-corrected chi connectivity index (χ1v) is 6.40. The second-order valence-corrected chi connectivity index (χ2v) is 4.86. The van der Waals surface area contributed by atoms with Crippen molar-refractivity contribution < 1.29 is 24.9 Å². The van der Waals surface area contributed by atoms with Crippen molar-refractivity contribution in [3.63, 3.8) is 0 Å². The summed E-state index contributed by atoms with van der Waals surface area (Å²) < 4.78 is 0. The summed E-state index contributed by atoms with van der Waals surface area (Å²) in [6.45, 7) is 3.58. The fourth-order valence-corrected chi connectivity index (χ4v) is 2.44. The molecule has 0 radical (unpaired) electrons. The van der Waals surface area contributed by atoms with Gasteiger partial charge in [-0.1, -0.05) is 6.58 Å². The number of rotatable bonds is 10. The average Bonchev–Trinajstić information content (AvgIpc) is 2.25. The van der Waals surface area contributed by atoms with E-state index in [0.717, 1.165) is 0 Å². The van der Waals surface area contributed by atoms with Gasteiger partial charge in [-0.2, -0.15) is 11.8 Å². The Morgan fingerprint density at radius 2 is 1.88 bits per heavy atom. The first-order valence-electron chi connectivity index (χ1n) is 5.35. The molecule has 0 aromatic rings. The highest BCUT2D eigenvalue weighted by molar-refractivity contribution is 8.00. The normalized spacial score (nSPS) is 12.1. The zero-order chi connectivity index (χ0) is 13.3. The number of aliphatic hydroxyl groups is 1. The molecule has 0 heterocycles. The first kappa shape index (κ1) is 16.0. The van der Waals surface area contributed by atoms with Gasteiger partial charge in [0, 0.05) is 23.2 Å². The molecule has 0 fully saturated rings. The summed E-state index contributed by atoms with van der Waals surface area (Å²) in [5, 5.41) is 25.7. The topological polar surface area (TPSA) is 94.8 Å². The van der Waals surface area contributed by atoms with Crippen molar-refractivity contribution in [3.05, 3.63) is 12.2 Å². The molecular weight excluding hydrogens is 244 g/mol. The highest BCUT2D eigenvalue weighted by atomic mass is 32.2. The van der Waals surface area contributed by atoms with E-state index in [4.69, 9.17) is 15.3 Å². The summed E-state index contributed by atoms with van der Waals surface area (Å²) in [5.74, 6) is -1.58. The predicted molar refractivity (Wildman–Crippen MR) is 66.2 cm³/mol. The number of thioether (sulfide) groups is 1. The zero-order valence-corrected chi connectivity index (χ0v) is 10.4. The molecule has 17 heavy (non-hydrogen) atoms. The first-order chi connectivity index (χ1) is 7.99. The lowest BCUT2D eigenvalue weighted by atomic mass is 10.1. The third-order valence-electron chi connectivity index (χ3n) is 2.17. The maximum atomic E-state index is 10.8. The fraction of sp³-hybridized carbons (Fsp3) is 0.636. The van der Waals surface area contributed by atoms with Gasteiger partial charge in [-0.15, -0.1) is 0 Å². The molecular formula is C11H18O5S. The molecule has 1 atom stereocenters. The van der Waals surface area contributed by atoms with Crippen LogP contribution in [0.3, 0.4) is 0 Å². The highest BCUT2D eigenvalue weighted by Crippen LogP contribution is 2.24. The average molecular weight is 262 g/mol. The molecule has 0 aromatic carbocycles. The van der Waals surface area contributed by atoms with Gasteiger partial charge in [0.25, 0.3) is 0 Å². The van der Waals surface area contributed by atoms with E-state index in [1.54, 1.807) is 0 Å². The predicted octanol–water partition coefficient (Wildman–Crippen LogP) is 1.37. The molecule has 0 aliphatic heterocycles. The van der Waals surface area contributed by atoms with Crippen LogP contribution in [0.5, 0.6) is 0 Å². The van der Waals surface area contributed by atoms with E-state index in [0.29, 0.717) is 25.0 Å². The molecule has 0 spiro atoms. The van der Waals surface area contributed by atoms with E-state index in [-0.39, 0.29) is 23.9 Å². The van der Waals surface area contributed by atoms with Gasteiger partial charge in [-0.05, 0) is 19.3 Å². The van der Waals surface area contributed by atoms with Gasteiger partial charge in [-0.3, -0.25) is 4.79 Å². The molecule has 1 unspecified atom stereocenters. The van der Waals surface area contributed by atoms with Gasteiger partial charge in [0.15, 0.2) is 0 Å². The van der Waals surface area contributed by atoms with Crippen LogP contribution >= 0.6 is 11.8 Å². The fourth-order valence-electron chi connectivity index (χ4n) is 1.23. The van der Waals surface area contributed by atoms with Crippen molar-refractivity contribution in [2.24, 2.45) is 0 Å².